The van der Waals surface area contributed by atoms with Gasteiger partial charge in [0.1, 0.15) is 11.0 Å². The molecule has 0 saturated carbocycles. The van der Waals surface area contributed by atoms with Gasteiger partial charge in [-0.3, -0.25) is 0 Å². The van der Waals surface area contributed by atoms with E-state index in [-0.39, 0.29) is 9.80 Å². The lowest BCUT2D eigenvalue weighted by atomic mass is 10.2. The normalized spacial score (nSPS) is 12.0. The van der Waals surface area contributed by atoms with Gasteiger partial charge in [0.25, 0.3) is 0 Å². The van der Waals surface area contributed by atoms with E-state index in [1.54, 1.807) is 29.8 Å². The van der Waals surface area contributed by atoms with E-state index in [2.05, 4.69) is 5.10 Å². The van der Waals surface area contributed by atoms with E-state index in [0.29, 0.717) is 11.3 Å². The highest BCUT2D eigenvalue weighted by Crippen LogP contribution is 2.25. The predicted octanol–water partition coefficient (Wildman–Crippen LogP) is 3.83. The zero-order valence-electron chi connectivity index (χ0n) is 14.4. The van der Waals surface area contributed by atoms with Gasteiger partial charge in [-0.15, -0.1) is 0 Å². The van der Waals surface area contributed by atoms with E-state index < -0.39 is 9.84 Å². The molecule has 0 atom stereocenters. The molecule has 0 unspecified atom stereocenters. The summed E-state index contributed by atoms with van der Waals surface area (Å²) in [5.74, 6) is 0. The van der Waals surface area contributed by atoms with Crippen molar-refractivity contribution < 1.29 is 8.42 Å². The topological polar surface area (TPSA) is 75.8 Å². The fourth-order valence-electron chi connectivity index (χ4n) is 2.71. The van der Waals surface area contributed by atoms with E-state index in [9.17, 15) is 13.7 Å². The molecule has 26 heavy (non-hydrogen) atoms. The summed E-state index contributed by atoms with van der Waals surface area (Å²) in [6.07, 6.45) is 1.40. The third-order valence-electron chi connectivity index (χ3n) is 4.08. The van der Waals surface area contributed by atoms with Crippen LogP contribution in [0.4, 0.5) is 0 Å². The molecular formula is C20H17N3O2S. The molecule has 0 spiro atoms. The molecule has 3 aromatic rings. The van der Waals surface area contributed by atoms with Crippen molar-refractivity contribution in [2.24, 2.45) is 0 Å². The first-order chi connectivity index (χ1) is 12.4. The summed E-state index contributed by atoms with van der Waals surface area (Å²) in [5.41, 5.74) is 2.93. The van der Waals surface area contributed by atoms with Gasteiger partial charge in [-0.1, -0.05) is 36.4 Å². The average Bonchev–Trinajstić information content (AvgIpc) is 2.95. The predicted molar refractivity (Wildman–Crippen MR) is 100 cm³/mol. The van der Waals surface area contributed by atoms with Crippen LogP contribution in [0.5, 0.6) is 0 Å². The zero-order valence-corrected chi connectivity index (χ0v) is 15.2. The fourth-order valence-corrected chi connectivity index (χ4v) is 3.87. The SMILES string of the molecule is Cc1nn(-c2ccccc2)c(C)c1/C=C(/C#N)S(=O)(=O)c1ccccc1. The van der Waals surface area contributed by atoms with Crippen LogP contribution in [0.3, 0.4) is 0 Å². The molecular weight excluding hydrogens is 346 g/mol. The number of para-hydroxylation sites is 1. The van der Waals surface area contributed by atoms with Gasteiger partial charge in [-0.25, -0.2) is 13.1 Å². The zero-order chi connectivity index (χ0) is 18.7. The summed E-state index contributed by atoms with van der Waals surface area (Å²) in [6, 6.07) is 19.3. The number of hydrogen-bond acceptors (Lipinski definition) is 4. The van der Waals surface area contributed by atoms with Gasteiger partial charge in [-0.05, 0) is 44.2 Å². The van der Waals surface area contributed by atoms with Crippen molar-refractivity contribution >= 4 is 15.9 Å². The first kappa shape index (κ1) is 17.6. The van der Waals surface area contributed by atoms with E-state index in [0.717, 1.165) is 11.4 Å². The minimum absolute atomic E-state index is 0.0959. The first-order valence-electron chi connectivity index (χ1n) is 7.98. The number of aromatic nitrogens is 2. The number of aryl methyl sites for hydroxylation is 1. The van der Waals surface area contributed by atoms with E-state index >= 15 is 0 Å². The Kier molecular flexibility index (Phi) is 4.74. The third-order valence-corrected chi connectivity index (χ3v) is 5.76. The standard InChI is InChI=1S/C20H17N3O2S/c1-15-20(16(2)23(22-15)17-9-5-3-6-10-17)13-19(14-21)26(24,25)18-11-7-4-8-12-18/h3-13H,1-2H3/b19-13-. The molecule has 0 aliphatic carbocycles. The average molecular weight is 363 g/mol. The van der Waals surface area contributed by atoms with Crippen LogP contribution >= 0.6 is 0 Å². The molecule has 0 N–H and O–H groups in total. The second-order valence-corrected chi connectivity index (χ2v) is 7.69. The number of hydrogen-bond donors (Lipinski definition) is 0. The van der Waals surface area contributed by atoms with Crippen molar-refractivity contribution in [3.63, 3.8) is 0 Å². The fraction of sp³-hybridized carbons (Fsp3) is 0.100. The lowest BCUT2D eigenvalue weighted by molar-refractivity contribution is 0.603. The Balaban J connectivity index is 2.12. The number of sulfone groups is 1. The van der Waals surface area contributed by atoms with Crippen LogP contribution in [-0.4, -0.2) is 18.2 Å². The molecule has 0 radical (unpaired) electrons. The molecule has 0 fully saturated rings. The van der Waals surface area contributed by atoms with E-state index in [1.807, 2.05) is 43.3 Å². The molecule has 6 heteroatoms. The molecule has 0 aliphatic heterocycles. The van der Waals surface area contributed by atoms with Crippen LogP contribution in [0.2, 0.25) is 0 Å². The van der Waals surface area contributed by atoms with Gasteiger partial charge < -0.3 is 0 Å². The second kappa shape index (κ2) is 6.98. The summed E-state index contributed by atoms with van der Waals surface area (Å²) in [6.45, 7) is 3.64. The van der Waals surface area contributed by atoms with Crippen molar-refractivity contribution in [3.8, 4) is 11.8 Å². The summed E-state index contributed by atoms with van der Waals surface area (Å²) in [4.78, 5) is -0.207. The second-order valence-electron chi connectivity index (χ2n) is 5.77. The van der Waals surface area contributed by atoms with E-state index in [1.165, 1.54) is 18.2 Å². The maximum absolute atomic E-state index is 12.7. The van der Waals surface area contributed by atoms with Crippen molar-refractivity contribution in [3.05, 3.63) is 82.5 Å². The van der Waals surface area contributed by atoms with Crippen LogP contribution < -0.4 is 0 Å². The third kappa shape index (κ3) is 3.17. The van der Waals surface area contributed by atoms with Gasteiger partial charge in [0.2, 0.25) is 9.84 Å². The van der Waals surface area contributed by atoms with Gasteiger partial charge in [0.05, 0.1) is 16.3 Å². The Labute approximate surface area is 152 Å². The quantitative estimate of drug-likeness (QED) is 0.660. The Morgan fingerprint density at radius 3 is 2.19 bits per heavy atom. The van der Waals surface area contributed by atoms with Crippen molar-refractivity contribution in [1.29, 1.82) is 5.26 Å². The van der Waals surface area contributed by atoms with Crippen molar-refractivity contribution in [2.75, 3.05) is 0 Å². The van der Waals surface area contributed by atoms with Gasteiger partial charge in [0.15, 0.2) is 0 Å². The number of nitrogens with zero attached hydrogens (tertiary/aromatic N) is 3. The van der Waals surface area contributed by atoms with Crippen molar-refractivity contribution in [1.82, 2.24) is 9.78 Å². The molecule has 1 aromatic heterocycles. The number of benzene rings is 2. The lowest BCUT2D eigenvalue weighted by Crippen LogP contribution is -2.03. The highest BCUT2D eigenvalue weighted by atomic mass is 32.2. The molecule has 130 valence electrons. The first-order valence-corrected chi connectivity index (χ1v) is 9.47. The van der Waals surface area contributed by atoms with Crippen LogP contribution in [0.25, 0.3) is 11.8 Å². The number of rotatable bonds is 4. The minimum Gasteiger partial charge on any atom is -0.237 e. The molecule has 3 rings (SSSR count). The largest absolute Gasteiger partial charge is 0.237 e. The molecule has 0 bridgehead atoms. The van der Waals surface area contributed by atoms with Crippen LogP contribution in [0, 0.1) is 25.2 Å². The minimum atomic E-state index is -3.88. The highest BCUT2D eigenvalue weighted by molar-refractivity contribution is 7.95. The summed E-state index contributed by atoms with van der Waals surface area (Å²) >= 11 is 0. The molecule has 2 aromatic carbocycles. The maximum atomic E-state index is 12.7. The van der Waals surface area contributed by atoms with Crippen LogP contribution in [-0.2, 0) is 9.84 Å². The lowest BCUT2D eigenvalue weighted by Gasteiger charge is -2.05. The smallest absolute Gasteiger partial charge is 0.216 e. The molecule has 0 aliphatic rings. The molecule has 1 heterocycles. The van der Waals surface area contributed by atoms with Gasteiger partial charge in [0, 0.05) is 11.3 Å². The molecule has 0 amide bonds. The summed E-state index contributed by atoms with van der Waals surface area (Å²) < 4.78 is 27.2. The Morgan fingerprint density at radius 1 is 1.04 bits per heavy atom. The number of nitriles is 1. The van der Waals surface area contributed by atoms with Gasteiger partial charge >= 0.3 is 0 Å². The Hall–Kier alpha value is -3.17. The van der Waals surface area contributed by atoms with Crippen LogP contribution in [0.15, 0.2) is 70.5 Å². The molecule has 5 nitrogen and oxygen atoms in total. The Bertz CT molecular complexity index is 1110. The summed E-state index contributed by atoms with van der Waals surface area (Å²) in [7, 11) is -3.88. The summed E-state index contributed by atoms with van der Waals surface area (Å²) in [5, 5.41) is 14.0. The number of allylic oxidation sites excluding steroid dienone is 1. The van der Waals surface area contributed by atoms with Crippen LogP contribution in [0.1, 0.15) is 17.0 Å². The Morgan fingerprint density at radius 2 is 1.62 bits per heavy atom. The maximum Gasteiger partial charge on any atom is 0.216 e. The monoisotopic (exact) mass is 363 g/mol. The highest BCUT2D eigenvalue weighted by Gasteiger charge is 2.22. The van der Waals surface area contributed by atoms with Crippen molar-refractivity contribution in [2.45, 2.75) is 18.7 Å². The van der Waals surface area contributed by atoms with E-state index in [4.69, 9.17) is 0 Å². The molecule has 0 saturated heterocycles. The van der Waals surface area contributed by atoms with Gasteiger partial charge in [-0.2, -0.15) is 10.4 Å².